The predicted molar refractivity (Wildman–Crippen MR) is 72.1 cm³/mol. The summed E-state index contributed by atoms with van der Waals surface area (Å²) in [5.74, 6) is 1.18. The molecule has 19 heavy (non-hydrogen) atoms. The summed E-state index contributed by atoms with van der Waals surface area (Å²) in [5.41, 5.74) is 1.37. The highest BCUT2D eigenvalue weighted by molar-refractivity contribution is 5.38. The largest absolute Gasteiger partial charge is 0.497 e. The quantitative estimate of drug-likeness (QED) is 0.919. The van der Waals surface area contributed by atoms with Crippen molar-refractivity contribution in [1.82, 2.24) is 9.97 Å². The first kappa shape index (κ1) is 13.3. The highest BCUT2D eigenvalue weighted by atomic mass is 19.1. The van der Waals surface area contributed by atoms with Crippen molar-refractivity contribution in [2.24, 2.45) is 0 Å². The molecule has 5 heteroatoms. The van der Waals surface area contributed by atoms with Gasteiger partial charge in [-0.05, 0) is 24.6 Å². The average molecular weight is 261 g/mol. The van der Waals surface area contributed by atoms with Crippen LogP contribution in [0.25, 0.3) is 0 Å². The summed E-state index contributed by atoms with van der Waals surface area (Å²) in [6.45, 7) is 1.63. The lowest BCUT2D eigenvalue weighted by Gasteiger charge is -2.08. The van der Waals surface area contributed by atoms with Gasteiger partial charge in [0.25, 0.3) is 0 Å². The smallest absolute Gasteiger partial charge is 0.186 e. The van der Waals surface area contributed by atoms with Crippen molar-refractivity contribution < 1.29 is 9.13 Å². The van der Waals surface area contributed by atoms with Crippen molar-refractivity contribution in [3.05, 3.63) is 47.2 Å². The van der Waals surface area contributed by atoms with Crippen molar-refractivity contribution in [2.75, 3.05) is 19.5 Å². The molecule has 0 aliphatic rings. The number of halogens is 1. The number of rotatable bonds is 4. The zero-order chi connectivity index (χ0) is 13.8. The van der Waals surface area contributed by atoms with Crippen molar-refractivity contribution >= 4 is 5.82 Å². The van der Waals surface area contributed by atoms with Crippen molar-refractivity contribution in [3.63, 3.8) is 0 Å². The molecule has 0 aliphatic heterocycles. The van der Waals surface area contributed by atoms with Crippen LogP contribution in [0.15, 0.2) is 24.3 Å². The van der Waals surface area contributed by atoms with Gasteiger partial charge in [0.15, 0.2) is 11.6 Å². The van der Waals surface area contributed by atoms with Gasteiger partial charge >= 0.3 is 0 Å². The van der Waals surface area contributed by atoms with Gasteiger partial charge in [0.05, 0.1) is 12.8 Å². The second-order valence-electron chi connectivity index (χ2n) is 4.17. The van der Waals surface area contributed by atoms with Gasteiger partial charge in [0, 0.05) is 13.5 Å². The average Bonchev–Trinajstić information content (AvgIpc) is 2.43. The Morgan fingerprint density at radius 3 is 2.79 bits per heavy atom. The van der Waals surface area contributed by atoms with Crippen LogP contribution in [0.3, 0.4) is 0 Å². The predicted octanol–water partition coefficient (Wildman–Crippen LogP) is 2.57. The Balaban J connectivity index is 2.30. The molecule has 100 valence electrons. The van der Waals surface area contributed by atoms with Gasteiger partial charge in [-0.15, -0.1) is 0 Å². The van der Waals surface area contributed by atoms with Crippen molar-refractivity contribution in [1.29, 1.82) is 0 Å². The fourth-order valence-corrected chi connectivity index (χ4v) is 1.83. The summed E-state index contributed by atoms with van der Waals surface area (Å²) in [4.78, 5) is 8.33. The molecular weight excluding hydrogens is 245 g/mol. The molecule has 2 rings (SSSR count). The molecule has 0 fully saturated rings. The minimum absolute atomic E-state index is 0.227. The standard InChI is InChI=1S/C14H16FN3O/c1-9-13(15)14(16-2)18-12(17-9)8-10-5-4-6-11(7-10)19-3/h4-7H,8H2,1-3H3,(H,16,17,18). The monoisotopic (exact) mass is 261 g/mol. The van der Waals surface area contributed by atoms with Crippen molar-refractivity contribution in [3.8, 4) is 5.75 Å². The summed E-state index contributed by atoms with van der Waals surface area (Å²) in [6, 6.07) is 7.66. The van der Waals surface area contributed by atoms with Crippen LogP contribution in [0.1, 0.15) is 17.1 Å². The number of benzene rings is 1. The van der Waals surface area contributed by atoms with Gasteiger partial charge in [0.2, 0.25) is 0 Å². The summed E-state index contributed by atoms with van der Waals surface area (Å²) in [5, 5.41) is 2.73. The molecule has 0 radical (unpaired) electrons. The van der Waals surface area contributed by atoms with E-state index in [-0.39, 0.29) is 5.82 Å². The van der Waals surface area contributed by atoms with Crippen LogP contribution in [-0.2, 0) is 6.42 Å². The van der Waals surface area contributed by atoms with E-state index in [4.69, 9.17) is 4.74 Å². The number of anilines is 1. The summed E-state index contributed by atoms with van der Waals surface area (Å²) < 4.78 is 18.8. The number of aryl methyl sites for hydroxylation is 1. The number of nitrogens with zero attached hydrogens (tertiary/aromatic N) is 2. The Bertz CT molecular complexity index is 587. The molecule has 0 aliphatic carbocycles. The molecule has 0 unspecified atom stereocenters. The van der Waals surface area contributed by atoms with Gasteiger partial charge in [-0.1, -0.05) is 12.1 Å². The zero-order valence-electron chi connectivity index (χ0n) is 11.2. The number of ether oxygens (including phenoxy) is 1. The van der Waals surface area contributed by atoms with E-state index in [0.29, 0.717) is 17.9 Å². The van der Waals surface area contributed by atoms with Gasteiger partial charge in [-0.3, -0.25) is 0 Å². The van der Waals surface area contributed by atoms with E-state index in [2.05, 4.69) is 15.3 Å². The molecule has 0 atom stereocenters. The molecule has 1 aromatic carbocycles. The SMILES string of the molecule is CNc1nc(Cc2cccc(OC)c2)nc(C)c1F. The molecular formula is C14H16FN3O. The van der Waals surface area contributed by atoms with E-state index >= 15 is 0 Å². The highest BCUT2D eigenvalue weighted by Gasteiger charge is 2.10. The third-order valence-corrected chi connectivity index (χ3v) is 2.80. The number of methoxy groups -OCH3 is 1. The van der Waals surface area contributed by atoms with E-state index in [0.717, 1.165) is 11.3 Å². The molecule has 1 heterocycles. The van der Waals surface area contributed by atoms with Crippen LogP contribution in [0, 0.1) is 12.7 Å². The maximum absolute atomic E-state index is 13.6. The Kier molecular flexibility index (Phi) is 3.94. The summed E-state index contributed by atoms with van der Waals surface area (Å²) in [6.07, 6.45) is 0.535. The van der Waals surface area contributed by atoms with E-state index in [1.807, 2.05) is 24.3 Å². The molecule has 0 spiro atoms. The molecule has 0 saturated heterocycles. The normalized spacial score (nSPS) is 10.3. The van der Waals surface area contributed by atoms with Crippen LogP contribution in [0.4, 0.5) is 10.2 Å². The lowest BCUT2D eigenvalue weighted by atomic mass is 10.1. The summed E-state index contributed by atoms with van der Waals surface area (Å²) in [7, 11) is 3.26. The van der Waals surface area contributed by atoms with Crippen molar-refractivity contribution in [2.45, 2.75) is 13.3 Å². The molecule has 0 bridgehead atoms. The first-order valence-corrected chi connectivity index (χ1v) is 5.97. The van der Waals surface area contributed by atoms with Crippen LogP contribution in [-0.4, -0.2) is 24.1 Å². The topological polar surface area (TPSA) is 47.0 Å². The number of nitrogens with one attached hydrogen (secondary N) is 1. The molecule has 0 saturated carbocycles. The fourth-order valence-electron chi connectivity index (χ4n) is 1.83. The Morgan fingerprint density at radius 2 is 2.11 bits per heavy atom. The molecule has 1 N–H and O–H groups in total. The number of hydrogen-bond acceptors (Lipinski definition) is 4. The maximum Gasteiger partial charge on any atom is 0.186 e. The number of hydrogen-bond donors (Lipinski definition) is 1. The lowest BCUT2D eigenvalue weighted by Crippen LogP contribution is -2.06. The van der Waals surface area contributed by atoms with E-state index < -0.39 is 5.82 Å². The van der Waals surface area contributed by atoms with Gasteiger partial charge in [-0.25, -0.2) is 14.4 Å². The van der Waals surface area contributed by atoms with Crippen LogP contribution in [0.2, 0.25) is 0 Å². The number of aromatic nitrogens is 2. The van der Waals surface area contributed by atoms with Gasteiger partial charge in [-0.2, -0.15) is 0 Å². The Morgan fingerprint density at radius 1 is 1.32 bits per heavy atom. The molecule has 0 amide bonds. The third-order valence-electron chi connectivity index (χ3n) is 2.80. The van der Waals surface area contributed by atoms with Gasteiger partial charge in [0.1, 0.15) is 11.6 Å². The molecule has 2 aromatic rings. The van der Waals surface area contributed by atoms with Crippen LogP contribution < -0.4 is 10.1 Å². The van der Waals surface area contributed by atoms with Gasteiger partial charge < -0.3 is 10.1 Å². The highest BCUT2D eigenvalue weighted by Crippen LogP contribution is 2.17. The zero-order valence-corrected chi connectivity index (χ0v) is 11.2. The maximum atomic E-state index is 13.6. The minimum Gasteiger partial charge on any atom is -0.497 e. The summed E-state index contributed by atoms with van der Waals surface area (Å²) >= 11 is 0. The Labute approximate surface area is 111 Å². The minimum atomic E-state index is -0.406. The Hall–Kier alpha value is -2.17. The first-order chi connectivity index (χ1) is 9.13. The van der Waals surface area contributed by atoms with E-state index in [9.17, 15) is 4.39 Å². The molecule has 1 aromatic heterocycles. The second-order valence-corrected chi connectivity index (χ2v) is 4.17. The molecule has 4 nitrogen and oxygen atoms in total. The van der Waals surface area contributed by atoms with E-state index in [1.54, 1.807) is 21.1 Å². The second kappa shape index (κ2) is 5.65. The van der Waals surface area contributed by atoms with E-state index in [1.165, 1.54) is 0 Å². The first-order valence-electron chi connectivity index (χ1n) is 5.97. The van der Waals surface area contributed by atoms with Crippen LogP contribution >= 0.6 is 0 Å². The fraction of sp³-hybridized carbons (Fsp3) is 0.286. The van der Waals surface area contributed by atoms with Crippen LogP contribution in [0.5, 0.6) is 5.75 Å². The third kappa shape index (κ3) is 2.99. The lowest BCUT2D eigenvalue weighted by molar-refractivity contribution is 0.414.